The lowest BCUT2D eigenvalue weighted by molar-refractivity contribution is 0.0395. The predicted octanol–water partition coefficient (Wildman–Crippen LogP) is 3.51. The number of nitrogens with zero attached hydrogens (tertiary/aromatic N) is 1. The fraction of sp³-hybridized carbons (Fsp3) is 0.412. The fourth-order valence-corrected chi connectivity index (χ4v) is 2.40. The minimum Gasteiger partial charge on any atom is -0.462 e. The summed E-state index contributed by atoms with van der Waals surface area (Å²) < 4.78 is 5.42. The molecule has 0 saturated heterocycles. The van der Waals surface area contributed by atoms with Gasteiger partial charge in [-0.15, -0.1) is 0 Å². The molecule has 2 rings (SSSR count). The standard InChI is InChI=1S/C17H19NO2/c1-13-5-2-3-7-16(13)12-20-17(19)15-8-4-6-14(11-15)9-10-18/h2-4,6,8,11,13,16H,5,7,9,12H2,1H3. The Morgan fingerprint density at radius 2 is 2.20 bits per heavy atom. The molecule has 1 aromatic rings. The summed E-state index contributed by atoms with van der Waals surface area (Å²) in [4.78, 5) is 12.0. The van der Waals surface area contributed by atoms with Crippen molar-refractivity contribution < 1.29 is 9.53 Å². The Kier molecular flexibility index (Phi) is 4.95. The molecule has 2 atom stereocenters. The van der Waals surface area contributed by atoms with Gasteiger partial charge in [-0.1, -0.05) is 31.2 Å². The summed E-state index contributed by atoms with van der Waals surface area (Å²) in [6.07, 6.45) is 6.69. The molecule has 3 nitrogen and oxygen atoms in total. The largest absolute Gasteiger partial charge is 0.462 e. The molecule has 1 aliphatic carbocycles. The van der Waals surface area contributed by atoms with Crippen LogP contribution in [0.2, 0.25) is 0 Å². The van der Waals surface area contributed by atoms with Crippen molar-refractivity contribution in [3.8, 4) is 6.07 Å². The number of benzene rings is 1. The molecule has 0 aromatic heterocycles. The second-order valence-electron chi connectivity index (χ2n) is 5.31. The zero-order valence-electron chi connectivity index (χ0n) is 11.7. The molecule has 104 valence electrons. The van der Waals surface area contributed by atoms with Gasteiger partial charge in [-0.05, 0) is 42.4 Å². The molecule has 0 N–H and O–H groups in total. The number of ether oxygens (including phenoxy) is 1. The van der Waals surface area contributed by atoms with Crippen LogP contribution in [0.25, 0.3) is 0 Å². The number of carbonyl (C=O) groups excluding carboxylic acids is 1. The minimum absolute atomic E-state index is 0.299. The Bertz CT molecular complexity index is 542. The second kappa shape index (κ2) is 6.91. The van der Waals surface area contributed by atoms with Crippen LogP contribution in [0.15, 0.2) is 36.4 Å². The van der Waals surface area contributed by atoms with Crippen molar-refractivity contribution in [2.24, 2.45) is 11.8 Å². The number of esters is 1. The minimum atomic E-state index is -0.299. The lowest BCUT2D eigenvalue weighted by Crippen LogP contribution is -2.21. The quantitative estimate of drug-likeness (QED) is 0.620. The van der Waals surface area contributed by atoms with Gasteiger partial charge in [0.25, 0.3) is 0 Å². The monoisotopic (exact) mass is 269 g/mol. The van der Waals surface area contributed by atoms with Gasteiger partial charge < -0.3 is 4.74 Å². The van der Waals surface area contributed by atoms with Crippen molar-refractivity contribution in [3.63, 3.8) is 0 Å². The first-order valence-corrected chi connectivity index (χ1v) is 6.98. The molecule has 0 heterocycles. The summed E-state index contributed by atoms with van der Waals surface area (Å²) in [5, 5.41) is 8.68. The van der Waals surface area contributed by atoms with E-state index >= 15 is 0 Å². The SMILES string of the molecule is CC1CC=CCC1COC(=O)c1cccc(CC#N)c1. The summed E-state index contributed by atoms with van der Waals surface area (Å²) in [7, 11) is 0. The fourth-order valence-electron chi connectivity index (χ4n) is 2.40. The van der Waals surface area contributed by atoms with Crippen LogP contribution in [0.4, 0.5) is 0 Å². The van der Waals surface area contributed by atoms with E-state index in [2.05, 4.69) is 25.1 Å². The van der Waals surface area contributed by atoms with Gasteiger partial charge in [0.15, 0.2) is 0 Å². The first-order chi connectivity index (χ1) is 9.70. The van der Waals surface area contributed by atoms with E-state index < -0.39 is 0 Å². The topological polar surface area (TPSA) is 50.1 Å². The average Bonchev–Trinajstić information content (AvgIpc) is 2.47. The van der Waals surface area contributed by atoms with Crippen LogP contribution in [0, 0.1) is 23.2 Å². The van der Waals surface area contributed by atoms with Gasteiger partial charge in [0, 0.05) is 0 Å². The van der Waals surface area contributed by atoms with Crippen molar-refractivity contribution in [3.05, 3.63) is 47.5 Å². The third-order valence-electron chi connectivity index (χ3n) is 3.79. The first kappa shape index (κ1) is 14.3. The molecule has 20 heavy (non-hydrogen) atoms. The molecule has 0 spiro atoms. The molecule has 1 aliphatic rings. The van der Waals surface area contributed by atoms with Crippen molar-refractivity contribution in [2.75, 3.05) is 6.61 Å². The molecule has 3 heteroatoms. The van der Waals surface area contributed by atoms with Gasteiger partial charge >= 0.3 is 5.97 Å². The summed E-state index contributed by atoms with van der Waals surface area (Å²) in [5.41, 5.74) is 1.37. The number of nitriles is 1. The van der Waals surface area contributed by atoms with Crippen LogP contribution in [-0.4, -0.2) is 12.6 Å². The molecular formula is C17H19NO2. The van der Waals surface area contributed by atoms with Gasteiger partial charge in [0.05, 0.1) is 24.7 Å². The predicted molar refractivity (Wildman–Crippen MR) is 77.1 cm³/mol. The van der Waals surface area contributed by atoms with Gasteiger partial charge in [-0.3, -0.25) is 0 Å². The van der Waals surface area contributed by atoms with E-state index in [1.165, 1.54) is 0 Å². The zero-order chi connectivity index (χ0) is 14.4. The lowest BCUT2D eigenvalue weighted by Gasteiger charge is -2.24. The lowest BCUT2D eigenvalue weighted by atomic mass is 9.85. The molecule has 2 unspecified atom stereocenters. The Hall–Kier alpha value is -2.08. The third kappa shape index (κ3) is 3.71. The average molecular weight is 269 g/mol. The van der Waals surface area contributed by atoms with Crippen molar-refractivity contribution in [2.45, 2.75) is 26.2 Å². The van der Waals surface area contributed by atoms with Gasteiger partial charge in [0.1, 0.15) is 0 Å². The molecule has 0 amide bonds. The normalized spacial score (nSPS) is 21.2. The smallest absolute Gasteiger partial charge is 0.338 e. The van der Waals surface area contributed by atoms with Crippen LogP contribution in [0.5, 0.6) is 0 Å². The number of rotatable bonds is 4. The second-order valence-corrected chi connectivity index (χ2v) is 5.31. The molecule has 0 radical (unpaired) electrons. The van der Waals surface area contributed by atoms with Crippen molar-refractivity contribution >= 4 is 5.97 Å². The Morgan fingerprint density at radius 1 is 1.40 bits per heavy atom. The zero-order valence-corrected chi connectivity index (χ0v) is 11.7. The summed E-state index contributed by atoms with van der Waals surface area (Å²) >= 11 is 0. The van der Waals surface area contributed by atoms with Crippen LogP contribution in [-0.2, 0) is 11.2 Å². The highest BCUT2D eigenvalue weighted by atomic mass is 16.5. The first-order valence-electron chi connectivity index (χ1n) is 6.98. The molecular weight excluding hydrogens is 250 g/mol. The number of hydrogen-bond donors (Lipinski definition) is 0. The molecule has 0 fully saturated rings. The van der Waals surface area contributed by atoms with Gasteiger partial charge in [0.2, 0.25) is 0 Å². The van der Waals surface area contributed by atoms with E-state index in [0.29, 0.717) is 30.4 Å². The third-order valence-corrected chi connectivity index (χ3v) is 3.79. The summed E-state index contributed by atoms with van der Waals surface area (Å²) in [6, 6.07) is 9.17. The highest BCUT2D eigenvalue weighted by Crippen LogP contribution is 2.25. The van der Waals surface area contributed by atoms with Crippen LogP contribution in [0.3, 0.4) is 0 Å². The van der Waals surface area contributed by atoms with Crippen LogP contribution in [0.1, 0.15) is 35.7 Å². The summed E-state index contributed by atoms with van der Waals surface area (Å²) in [6.45, 7) is 2.66. The Morgan fingerprint density at radius 3 is 2.95 bits per heavy atom. The van der Waals surface area contributed by atoms with Gasteiger partial charge in [-0.2, -0.15) is 5.26 Å². The molecule has 0 saturated carbocycles. The van der Waals surface area contributed by atoms with E-state index in [1.807, 2.05) is 6.07 Å². The number of allylic oxidation sites excluding steroid dienone is 2. The molecule has 1 aromatic carbocycles. The van der Waals surface area contributed by atoms with Crippen LogP contribution >= 0.6 is 0 Å². The highest BCUT2D eigenvalue weighted by Gasteiger charge is 2.20. The number of hydrogen-bond acceptors (Lipinski definition) is 3. The van der Waals surface area contributed by atoms with E-state index in [4.69, 9.17) is 10.00 Å². The van der Waals surface area contributed by atoms with Crippen molar-refractivity contribution in [1.82, 2.24) is 0 Å². The van der Waals surface area contributed by atoms with E-state index in [1.54, 1.807) is 18.2 Å². The maximum Gasteiger partial charge on any atom is 0.338 e. The maximum atomic E-state index is 12.0. The number of carbonyl (C=O) groups is 1. The molecule has 0 aliphatic heterocycles. The van der Waals surface area contributed by atoms with Crippen LogP contribution < -0.4 is 0 Å². The Balaban J connectivity index is 1.93. The Labute approximate surface area is 119 Å². The van der Waals surface area contributed by atoms with E-state index in [9.17, 15) is 4.79 Å². The highest BCUT2D eigenvalue weighted by molar-refractivity contribution is 5.89. The molecule has 0 bridgehead atoms. The van der Waals surface area contributed by atoms with Crippen molar-refractivity contribution in [1.29, 1.82) is 5.26 Å². The van der Waals surface area contributed by atoms with E-state index in [0.717, 1.165) is 18.4 Å². The van der Waals surface area contributed by atoms with E-state index in [-0.39, 0.29) is 5.97 Å². The van der Waals surface area contributed by atoms with Gasteiger partial charge in [-0.25, -0.2) is 4.79 Å². The maximum absolute atomic E-state index is 12.0. The summed E-state index contributed by atoms with van der Waals surface area (Å²) in [5.74, 6) is 0.663.